The highest BCUT2D eigenvalue weighted by molar-refractivity contribution is 7.89. The van der Waals surface area contributed by atoms with Gasteiger partial charge in [0, 0.05) is 12.1 Å². The molecular weight excluding hydrogens is 376 g/mol. The van der Waals surface area contributed by atoms with E-state index < -0.39 is 10.0 Å². The van der Waals surface area contributed by atoms with Crippen LogP contribution >= 0.6 is 11.6 Å². The fourth-order valence-electron chi connectivity index (χ4n) is 3.20. The number of carbonyl (C=O) groups is 1. The van der Waals surface area contributed by atoms with Gasteiger partial charge in [-0.25, -0.2) is 13.6 Å². The van der Waals surface area contributed by atoms with Crippen molar-refractivity contribution >= 4 is 27.5 Å². The molecule has 8 heteroatoms. The summed E-state index contributed by atoms with van der Waals surface area (Å²) in [6, 6.07) is 11.7. The molecule has 0 bridgehead atoms. The van der Waals surface area contributed by atoms with Crippen LogP contribution in [0, 0.1) is 0 Å². The number of rotatable bonds is 4. The number of carbonyl (C=O) groups excluding carboxylic acids is 1. The molecule has 3 rings (SSSR count). The third-order valence-corrected chi connectivity index (χ3v) is 5.89. The number of benzene rings is 2. The van der Waals surface area contributed by atoms with Gasteiger partial charge in [-0.15, -0.1) is 0 Å². The topological polar surface area (TPSA) is 89.7 Å². The number of likely N-dealkylation sites (tertiary alicyclic amines) is 1. The minimum atomic E-state index is -4.00. The molecule has 1 aliphatic rings. The number of hydrogen-bond acceptors (Lipinski definition) is 4. The smallest absolute Gasteiger partial charge is 0.254 e. The summed E-state index contributed by atoms with van der Waals surface area (Å²) < 4.78 is 28.5. The lowest BCUT2D eigenvalue weighted by molar-refractivity contribution is 0.0735. The Hall–Kier alpha value is -2.09. The molecule has 0 spiro atoms. The van der Waals surface area contributed by atoms with Gasteiger partial charge >= 0.3 is 0 Å². The minimum Gasteiger partial charge on any atom is -0.497 e. The van der Waals surface area contributed by atoms with E-state index >= 15 is 0 Å². The van der Waals surface area contributed by atoms with Crippen molar-refractivity contribution in [2.75, 3.05) is 13.7 Å². The first-order chi connectivity index (χ1) is 12.3. The molecule has 1 amide bonds. The van der Waals surface area contributed by atoms with Gasteiger partial charge in [-0.1, -0.05) is 23.7 Å². The lowest BCUT2D eigenvalue weighted by Gasteiger charge is -2.25. The highest BCUT2D eigenvalue weighted by Crippen LogP contribution is 2.34. The van der Waals surface area contributed by atoms with Crippen molar-refractivity contribution in [1.29, 1.82) is 0 Å². The number of primary sulfonamides is 1. The fraction of sp³-hybridized carbons (Fsp3) is 0.278. The molecule has 2 N–H and O–H groups in total. The molecule has 1 saturated heterocycles. The highest BCUT2D eigenvalue weighted by atomic mass is 35.5. The first-order valence-electron chi connectivity index (χ1n) is 8.08. The van der Waals surface area contributed by atoms with Crippen molar-refractivity contribution in [3.63, 3.8) is 0 Å². The van der Waals surface area contributed by atoms with Crippen molar-refractivity contribution in [2.45, 2.75) is 23.8 Å². The van der Waals surface area contributed by atoms with Crippen LogP contribution in [0.2, 0.25) is 5.02 Å². The SMILES string of the molecule is COc1ccc([C@H]2CCCN2C(=O)c2ccc(Cl)c(S(N)(=O)=O)c2)cc1. The zero-order valence-corrected chi connectivity index (χ0v) is 15.8. The molecule has 1 fully saturated rings. The largest absolute Gasteiger partial charge is 0.497 e. The Balaban J connectivity index is 1.91. The summed E-state index contributed by atoms with van der Waals surface area (Å²) in [6.45, 7) is 0.600. The Morgan fingerprint density at radius 1 is 1.23 bits per heavy atom. The average molecular weight is 395 g/mol. The summed E-state index contributed by atoms with van der Waals surface area (Å²) in [4.78, 5) is 14.5. The van der Waals surface area contributed by atoms with Crippen LogP contribution in [0.5, 0.6) is 5.75 Å². The molecule has 0 aromatic heterocycles. The molecule has 138 valence electrons. The molecule has 0 radical (unpaired) electrons. The molecule has 1 heterocycles. The predicted octanol–water partition coefficient (Wildman–Crippen LogP) is 2.97. The van der Waals surface area contributed by atoms with Gasteiger partial charge < -0.3 is 9.64 Å². The third-order valence-electron chi connectivity index (χ3n) is 4.50. The first kappa shape index (κ1) is 18.7. The van der Waals surface area contributed by atoms with Crippen LogP contribution in [0.1, 0.15) is 34.8 Å². The summed E-state index contributed by atoms with van der Waals surface area (Å²) in [5.74, 6) is 0.505. The summed E-state index contributed by atoms with van der Waals surface area (Å²) in [5.41, 5.74) is 1.26. The highest BCUT2D eigenvalue weighted by Gasteiger charge is 2.31. The molecule has 1 atom stereocenters. The minimum absolute atomic E-state index is 0.00261. The van der Waals surface area contributed by atoms with Crippen LogP contribution in [-0.4, -0.2) is 32.9 Å². The second-order valence-electron chi connectivity index (χ2n) is 6.12. The number of nitrogens with two attached hydrogens (primary N) is 1. The van der Waals surface area contributed by atoms with E-state index in [0.29, 0.717) is 6.54 Å². The van der Waals surface area contributed by atoms with E-state index in [-0.39, 0.29) is 27.4 Å². The van der Waals surface area contributed by atoms with Gasteiger partial charge in [0.15, 0.2) is 0 Å². The molecule has 2 aromatic rings. The quantitative estimate of drug-likeness (QED) is 0.863. The Labute approximate surface area is 157 Å². The maximum absolute atomic E-state index is 13.0. The standard InChI is InChI=1S/C18H19ClN2O4S/c1-25-14-7-4-12(5-8-14)16-3-2-10-21(16)18(22)13-6-9-15(19)17(11-13)26(20,23)24/h4-9,11,16H,2-3,10H2,1H3,(H2,20,23,24)/t16-/m1/s1. The van der Waals surface area contributed by atoms with Crippen LogP contribution in [-0.2, 0) is 10.0 Å². The van der Waals surface area contributed by atoms with Crippen molar-refractivity contribution in [2.24, 2.45) is 5.14 Å². The number of ether oxygens (including phenoxy) is 1. The summed E-state index contributed by atoms with van der Waals surface area (Å²) in [7, 11) is -2.40. The van der Waals surface area contributed by atoms with Crippen LogP contribution in [0.25, 0.3) is 0 Å². The van der Waals surface area contributed by atoms with Crippen LogP contribution < -0.4 is 9.88 Å². The number of sulfonamides is 1. The van der Waals surface area contributed by atoms with Crippen molar-refractivity contribution < 1.29 is 17.9 Å². The van der Waals surface area contributed by atoms with E-state index in [2.05, 4.69) is 0 Å². The maximum atomic E-state index is 13.0. The van der Waals surface area contributed by atoms with Crippen LogP contribution in [0.15, 0.2) is 47.4 Å². The molecular formula is C18H19ClN2O4S. The van der Waals surface area contributed by atoms with Gasteiger partial charge in [0.05, 0.1) is 18.2 Å². The zero-order chi connectivity index (χ0) is 18.9. The zero-order valence-electron chi connectivity index (χ0n) is 14.2. The number of amides is 1. The Morgan fingerprint density at radius 3 is 2.54 bits per heavy atom. The molecule has 0 unspecified atom stereocenters. The lowest BCUT2D eigenvalue weighted by atomic mass is 10.0. The van der Waals surface area contributed by atoms with E-state index in [1.165, 1.54) is 18.2 Å². The lowest BCUT2D eigenvalue weighted by Crippen LogP contribution is -2.30. The van der Waals surface area contributed by atoms with Gasteiger partial charge in [0.1, 0.15) is 10.6 Å². The van der Waals surface area contributed by atoms with E-state index in [1.807, 2.05) is 24.3 Å². The summed E-state index contributed by atoms with van der Waals surface area (Å²) in [6.07, 6.45) is 1.71. The monoisotopic (exact) mass is 394 g/mol. The molecule has 2 aromatic carbocycles. The van der Waals surface area contributed by atoms with Crippen molar-refractivity contribution in [3.8, 4) is 5.75 Å². The van der Waals surface area contributed by atoms with Gasteiger partial charge in [0.25, 0.3) is 5.91 Å². The second kappa shape index (κ2) is 7.26. The van der Waals surface area contributed by atoms with Gasteiger partial charge in [-0.2, -0.15) is 0 Å². The van der Waals surface area contributed by atoms with Crippen LogP contribution in [0.4, 0.5) is 0 Å². The summed E-state index contributed by atoms with van der Waals surface area (Å²) in [5, 5.41) is 5.17. The Morgan fingerprint density at radius 2 is 1.92 bits per heavy atom. The third kappa shape index (κ3) is 3.70. The van der Waals surface area contributed by atoms with Gasteiger partial charge in [-0.3, -0.25) is 4.79 Å². The number of nitrogens with zero attached hydrogens (tertiary/aromatic N) is 1. The first-order valence-corrected chi connectivity index (χ1v) is 10.0. The maximum Gasteiger partial charge on any atom is 0.254 e. The molecule has 0 aliphatic carbocycles. The molecule has 0 saturated carbocycles. The Bertz CT molecular complexity index is 929. The number of halogens is 1. The van der Waals surface area contributed by atoms with Crippen molar-refractivity contribution in [1.82, 2.24) is 4.90 Å². The van der Waals surface area contributed by atoms with E-state index in [1.54, 1.807) is 12.0 Å². The van der Waals surface area contributed by atoms with Crippen molar-refractivity contribution in [3.05, 3.63) is 58.6 Å². The molecule has 1 aliphatic heterocycles. The number of methoxy groups -OCH3 is 1. The van der Waals surface area contributed by atoms with Gasteiger partial charge in [0.2, 0.25) is 10.0 Å². The van der Waals surface area contributed by atoms with E-state index in [9.17, 15) is 13.2 Å². The molecule has 6 nitrogen and oxygen atoms in total. The van der Waals surface area contributed by atoms with Gasteiger partial charge in [-0.05, 0) is 48.7 Å². The fourth-order valence-corrected chi connectivity index (χ4v) is 4.27. The normalized spacial score (nSPS) is 17.3. The Kier molecular flexibility index (Phi) is 5.22. The second-order valence-corrected chi connectivity index (χ2v) is 8.06. The summed E-state index contributed by atoms with van der Waals surface area (Å²) >= 11 is 5.90. The number of hydrogen-bond donors (Lipinski definition) is 1. The van der Waals surface area contributed by atoms with E-state index in [0.717, 1.165) is 24.2 Å². The van der Waals surface area contributed by atoms with Crippen LogP contribution in [0.3, 0.4) is 0 Å². The molecule has 26 heavy (non-hydrogen) atoms. The predicted molar refractivity (Wildman–Crippen MR) is 98.8 cm³/mol. The average Bonchev–Trinajstić information content (AvgIpc) is 3.10. The van der Waals surface area contributed by atoms with E-state index in [4.69, 9.17) is 21.5 Å².